The van der Waals surface area contributed by atoms with Crippen molar-refractivity contribution in [3.8, 4) is 0 Å². The molecule has 0 saturated carbocycles. The number of hydrogen-bond acceptors (Lipinski definition) is 4. The summed E-state index contributed by atoms with van der Waals surface area (Å²) in [6, 6.07) is 0. The average molecular weight is 227 g/mol. The third kappa shape index (κ3) is 1.50. The van der Waals surface area contributed by atoms with Crippen molar-refractivity contribution in [2.75, 3.05) is 0 Å². The van der Waals surface area contributed by atoms with Crippen molar-refractivity contribution < 1.29 is 14.7 Å². The Balaban J connectivity index is 2.49. The maximum absolute atomic E-state index is 11.7. The van der Waals surface area contributed by atoms with Gasteiger partial charge in [-0.3, -0.25) is 15.0 Å². The summed E-state index contributed by atoms with van der Waals surface area (Å²) in [7, 11) is 0. The van der Waals surface area contributed by atoms with Crippen molar-refractivity contribution in [3.05, 3.63) is 34.7 Å². The van der Waals surface area contributed by atoms with Crippen LogP contribution in [0, 0.1) is 5.92 Å². The van der Waals surface area contributed by atoms with Crippen LogP contribution in [0.15, 0.2) is 34.7 Å². The fourth-order valence-electron chi connectivity index (χ4n) is 1.46. The van der Waals surface area contributed by atoms with Crippen LogP contribution in [-0.2, 0) is 9.59 Å². The molecule has 0 aromatic rings. The zero-order valence-corrected chi connectivity index (χ0v) is 8.21. The minimum absolute atomic E-state index is 0.119. The van der Waals surface area contributed by atoms with Gasteiger partial charge < -0.3 is 10.5 Å². The van der Waals surface area contributed by atoms with Crippen LogP contribution < -0.4 is 10.9 Å². The van der Waals surface area contributed by atoms with Crippen LogP contribution in [0.3, 0.4) is 0 Å². The Kier molecular flexibility index (Phi) is 2.24. The largest absolute Gasteiger partial charge is 0.480 e. The molecule has 1 heterocycles. The Morgan fingerprint density at radius 3 is 2.93 bits per heavy atom. The van der Waals surface area contributed by atoms with Crippen molar-refractivity contribution in [2.45, 2.75) is 0 Å². The van der Waals surface area contributed by atoms with Gasteiger partial charge in [0.05, 0.1) is 5.57 Å². The van der Waals surface area contributed by atoms with E-state index in [1.807, 2.05) is 0 Å². The van der Waals surface area contributed by atoms with Crippen LogP contribution in [0.25, 0.3) is 0 Å². The number of allylic oxidation sites excluding steroid dienone is 3. The predicted molar refractivity (Wildman–Crippen MR) is 52.5 cm³/mol. The van der Waals surface area contributed by atoms with Crippen LogP contribution in [0.2, 0.25) is 0 Å². The summed E-state index contributed by atoms with van der Waals surface area (Å²) in [5.41, 5.74) is 5.99. The zero-order chi connectivity index (χ0) is 11.0. The Morgan fingerprint density at radius 1 is 1.53 bits per heavy atom. The molecule has 3 N–H and O–H groups in total. The van der Waals surface area contributed by atoms with Crippen LogP contribution >= 0.6 is 11.6 Å². The maximum atomic E-state index is 11.7. The molecule has 0 saturated heterocycles. The molecule has 1 unspecified atom stereocenters. The van der Waals surface area contributed by atoms with Crippen LogP contribution in [-0.4, -0.2) is 16.9 Å². The van der Waals surface area contributed by atoms with E-state index in [2.05, 4.69) is 10.9 Å². The fourth-order valence-corrected chi connectivity index (χ4v) is 1.71. The number of hydrazine groups is 1. The number of hydrogen-bond donors (Lipinski definition) is 3. The Labute approximate surface area is 90.1 Å². The highest BCUT2D eigenvalue weighted by Crippen LogP contribution is 2.28. The maximum Gasteiger partial charge on any atom is 0.318 e. The first-order valence-corrected chi connectivity index (χ1v) is 4.56. The average Bonchev–Trinajstić information content (AvgIpc) is 2.17. The number of rotatable bonds is 1. The Hall–Kier alpha value is -1.75. The van der Waals surface area contributed by atoms with Gasteiger partial charge in [-0.15, -0.1) is 0 Å². The van der Waals surface area contributed by atoms with E-state index in [4.69, 9.17) is 16.7 Å². The van der Waals surface area contributed by atoms with E-state index in [1.54, 1.807) is 12.3 Å². The smallest absolute Gasteiger partial charge is 0.318 e. The first-order chi connectivity index (χ1) is 7.11. The van der Waals surface area contributed by atoms with E-state index in [0.717, 1.165) is 0 Å². The lowest BCUT2D eigenvalue weighted by molar-refractivity contribution is -0.143. The highest BCUT2D eigenvalue weighted by Gasteiger charge is 2.33. The topological polar surface area (TPSA) is 78.4 Å². The molecule has 1 aliphatic carbocycles. The molecule has 0 aromatic carbocycles. The van der Waals surface area contributed by atoms with Crippen LogP contribution in [0.5, 0.6) is 0 Å². The molecule has 2 rings (SSSR count). The van der Waals surface area contributed by atoms with Crippen molar-refractivity contribution in [3.63, 3.8) is 0 Å². The number of Topliss-reactive ketones (excluding diaryl/α,β-unsaturated/α-hetero) is 1. The van der Waals surface area contributed by atoms with Gasteiger partial charge in [-0.1, -0.05) is 23.8 Å². The Morgan fingerprint density at radius 2 is 2.27 bits per heavy atom. The predicted octanol–water partition coefficient (Wildman–Crippen LogP) is 0.268. The number of carboxylic acids is 1. The third-order valence-electron chi connectivity index (χ3n) is 2.18. The van der Waals surface area contributed by atoms with Gasteiger partial charge in [0.25, 0.3) is 0 Å². The van der Waals surface area contributed by atoms with Gasteiger partial charge in [-0.05, 0) is 0 Å². The van der Waals surface area contributed by atoms with Gasteiger partial charge in [-0.2, -0.15) is 0 Å². The molecule has 0 aromatic heterocycles. The molecule has 0 spiro atoms. The van der Waals surface area contributed by atoms with Gasteiger partial charge in [0.15, 0.2) is 5.78 Å². The highest BCUT2D eigenvalue weighted by molar-refractivity contribution is 6.33. The number of carbonyl (C=O) groups is 2. The molecular formula is C9H7ClN2O3. The molecule has 15 heavy (non-hydrogen) atoms. The summed E-state index contributed by atoms with van der Waals surface area (Å²) in [5, 5.41) is 8.91. The molecule has 0 amide bonds. The van der Waals surface area contributed by atoms with Crippen molar-refractivity contribution in [1.29, 1.82) is 0 Å². The van der Waals surface area contributed by atoms with Crippen molar-refractivity contribution >= 4 is 23.4 Å². The van der Waals surface area contributed by atoms with Gasteiger partial charge in [0.1, 0.15) is 11.1 Å². The zero-order valence-electron chi connectivity index (χ0n) is 7.45. The minimum atomic E-state index is -1.18. The standard InChI is InChI=1S/C9H7ClN2O3/c10-8-6-4(3-11-12-8)1-2-5(7(6)13)9(14)15/h1-3,5,11-12H,(H,14,15). The number of carboxylic acid groups (broad SMARTS) is 1. The molecule has 78 valence electrons. The molecule has 1 atom stereocenters. The summed E-state index contributed by atoms with van der Waals surface area (Å²) in [5.74, 6) is -2.83. The summed E-state index contributed by atoms with van der Waals surface area (Å²) >= 11 is 5.77. The third-order valence-corrected chi connectivity index (χ3v) is 2.46. The first-order valence-electron chi connectivity index (χ1n) is 4.18. The van der Waals surface area contributed by atoms with E-state index in [1.165, 1.54) is 6.08 Å². The number of carbonyl (C=O) groups excluding carboxylic acids is 1. The lowest BCUT2D eigenvalue weighted by atomic mass is 9.87. The molecule has 0 radical (unpaired) electrons. The molecule has 5 nitrogen and oxygen atoms in total. The van der Waals surface area contributed by atoms with Crippen LogP contribution in [0.4, 0.5) is 0 Å². The normalized spacial score (nSPS) is 23.9. The molecule has 2 aliphatic rings. The molecular weight excluding hydrogens is 220 g/mol. The van der Waals surface area contributed by atoms with Gasteiger partial charge in [-0.25, -0.2) is 0 Å². The summed E-state index contributed by atoms with van der Waals surface area (Å²) in [6.45, 7) is 0. The lowest BCUT2D eigenvalue weighted by Crippen LogP contribution is -2.35. The number of nitrogens with one attached hydrogen (secondary N) is 2. The van der Waals surface area contributed by atoms with E-state index < -0.39 is 17.7 Å². The number of fused-ring (bicyclic) bond motifs is 1. The van der Waals surface area contributed by atoms with E-state index in [-0.39, 0.29) is 10.7 Å². The lowest BCUT2D eigenvalue weighted by Gasteiger charge is -2.22. The second-order valence-electron chi connectivity index (χ2n) is 3.10. The van der Waals surface area contributed by atoms with Crippen molar-refractivity contribution in [2.24, 2.45) is 5.92 Å². The SMILES string of the molecule is O=C(O)C1C=CC2=CNNC(Cl)=C2C1=O. The number of aliphatic carboxylic acids is 1. The molecule has 0 fully saturated rings. The van der Waals surface area contributed by atoms with Gasteiger partial charge >= 0.3 is 5.97 Å². The number of halogens is 1. The summed E-state index contributed by atoms with van der Waals surface area (Å²) in [6.07, 6.45) is 4.45. The second-order valence-corrected chi connectivity index (χ2v) is 3.48. The quantitative estimate of drug-likeness (QED) is 0.442. The van der Waals surface area contributed by atoms with Gasteiger partial charge in [0.2, 0.25) is 0 Å². The fraction of sp³-hybridized carbons (Fsp3) is 0.111. The second kappa shape index (κ2) is 3.43. The molecule has 6 heteroatoms. The van der Waals surface area contributed by atoms with Crippen molar-refractivity contribution in [1.82, 2.24) is 10.9 Å². The minimum Gasteiger partial charge on any atom is -0.480 e. The molecule has 1 aliphatic heterocycles. The van der Waals surface area contributed by atoms with Crippen LogP contribution in [0.1, 0.15) is 0 Å². The first kappa shape index (κ1) is 9.79. The summed E-state index contributed by atoms with van der Waals surface area (Å²) < 4.78 is 0. The molecule has 0 bridgehead atoms. The Bertz CT molecular complexity index is 437. The monoisotopic (exact) mass is 226 g/mol. The van der Waals surface area contributed by atoms with Gasteiger partial charge in [0, 0.05) is 11.8 Å². The number of ketones is 1. The highest BCUT2D eigenvalue weighted by atomic mass is 35.5. The van der Waals surface area contributed by atoms with E-state index in [9.17, 15) is 9.59 Å². The van der Waals surface area contributed by atoms with E-state index >= 15 is 0 Å². The summed E-state index contributed by atoms with van der Waals surface area (Å²) in [4.78, 5) is 22.5. The van der Waals surface area contributed by atoms with E-state index in [0.29, 0.717) is 5.57 Å².